The van der Waals surface area contributed by atoms with E-state index in [2.05, 4.69) is 44.7 Å². The number of hydrogen-bond acceptors (Lipinski definition) is 10. The molecule has 0 aliphatic carbocycles. The molecule has 13 heteroatoms. The van der Waals surface area contributed by atoms with Crippen LogP contribution >= 0.6 is 23.4 Å². The van der Waals surface area contributed by atoms with Crippen LogP contribution in [-0.4, -0.2) is 97.8 Å². The zero-order valence-corrected chi connectivity index (χ0v) is 34.1. The average Bonchev–Trinajstić information content (AvgIpc) is 3.62. The number of likely N-dealkylation sites (N-methyl/N-ethyl adjacent to an activating group) is 1. The minimum absolute atomic E-state index is 0.0829. The maximum Gasteiger partial charge on any atom is 0.274 e. The van der Waals surface area contributed by atoms with E-state index in [-0.39, 0.29) is 5.91 Å². The summed E-state index contributed by atoms with van der Waals surface area (Å²) in [5.74, 6) is 4.03. The van der Waals surface area contributed by atoms with E-state index in [0.29, 0.717) is 36.7 Å². The van der Waals surface area contributed by atoms with E-state index in [1.165, 1.54) is 0 Å². The Morgan fingerprint density at radius 1 is 0.964 bits per heavy atom. The molecule has 2 heterocycles. The predicted octanol–water partition coefficient (Wildman–Crippen LogP) is 6.55. The lowest BCUT2D eigenvalue weighted by Crippen LogP contribution is -2.48. The summed E-state index contributed by atoms with van der Waals surface area (Å²) in [6.07, 6.45) is 2.89. The molecule has 11 nitrogen and oxygen atoms in total. The number of amides is 1. The molecule has 1 aromatic heterocycles. The molecule has 1 saturated heterocycles. The number of carbonyl (C=O) groups is 1. The third-order valence-electron chi connectivity index (χ3n) is 9.67. The minimum atomic E-state index is -0.837. The van der Waals surface area contributed by atoms with Crippen LogP contribution in [0.15, 0.2) is 113 Å². The number of nitrogens with zero attached hydrogens (tertiary/aromatic N) is 4. The van der Waals surface area contributed by atoms with Gasteiger partial charge in [-0.1, -0.05) is 84.4 Å². The highest BCUT2D eigenvalue weighted by Crippen LogP contribution is 2.39. The Kier molecular flexibility index (Phi) is 16.7. The summed E-state index contributed by atoms with van der Waals surface area (Å²) in [5, 5.41) is 28.0. The molecule has 5 rings (SSSR count). The Morgan fingerprint density at radius 3 is 2.07 bits per heavy atom. The van der Waals surface area contributed by atoms with Crippen LogP contribution in [-0.2, 0) is 28.1 Å². The zero-order chi connectivity index (χ0) is 39.8. The smallest absolute Gasteiger partial charge is 0.274 e. The first-order valence-corrected chi connectivity index (χ1v) is 20.0. The fraction of sp³-hybridized carbons (Fsp3) is 0.405. The van der Waals surface area contributed by atoms with Crippen LogP contribution < -0.4 is 10.6 Å². The van der Waals surface area contributed by atoms with E-state index in [4.69, 9.17) is 16.0 Å². The van der Waals surface area contributed by atoms with Crippen molar-refractivity contribution >= 4 is 29.3 Å². The van der Waals surface area contributed by atoms with Gasteiger partial charge in [0, 0.05) is 51.6 Å². The van der Waals surface area contributed by atoms with Crippen LogP contribution in [0.1, 0.15) is 47.5 Å². The molecule has 1 amide bonds. The zero-order valence-electron chi connectivity index (χ0n) is 32.5. The first-order valence-electron chi connectivity index (χ1n) is 18.5. The van der Waals surface area contributed by atoms with E-state index in [1.807, 2.05) is 101 Å². The molecule has 1 aliphatic heterocycles. The molecule has 3 N–H and O–H groups in total. The summed E-state index contributed by atoms with van der Waals surface area (Å²) in [4.78, 5) is 29.8. The molecule has 0 atom stereocenters. The van der Waals surface area contributed by atoms with E-state index >= 15 is 0 Å². The van der Waals surface area contributed by atoms with Gasteiger partial charge in [-0.15, -0.1) is 0 Å². The van der Waals surface area contributed by atoms with Crippen molar-refractivity contribution in [1.82, 2.24) is 25.3 Å². The van der Waals surface area contributed by atoms with Gasteiger partial charge in [-0.25, -0.2) is 0 Å². The molecule has 0 bridgehead atoms. The molecule has 0 unspecified atom stereocenters. The van der Waals surface area contributed by atoms with Gasteiger partial charge in [-0.3, -0.25) is 14.9 Å². The number of benzene rings is 3. The first kappa shape index (κ1) is 43.4. The third kappa shape index (κ3) is 12.6. The molecular weight excluding hydrogens is 736 g/mol. The molecule has 4 aromatic rings. The number of rotatable bonds is 17. The van der Waals surface area contributed by atoms with E-state index in [9.17, 15) is 20.0 Å². The van der Waals surface area contributed by atoms with E-state index < -0.39 is 15.9 Å². The number of furan rings is 1. The Balaban J connectivity index is 0.000000276. The van der Waals surface area contributed by atoms with E-state index in [1.54, 1.807) is 23.7 Å². The maximum absolute atomic E-state index is 13.8. The number of nitro groups is 1. The molecule has 296 valence electrons. The fourth-order valence-electron chi connectivity index (χ4n) is 6.79. The molecular formula is C42H55ClN6O5S. The van der Waals surface area contributed by atoms with Crippen LogP contribution in [0.2, 0.25) is 5.02 Å². The van der Waals surface area contributed by atoms with Crippen LogP contribution in [0, 0.1) is 10.1 Å². The second kappa shape index (κ2) is 21.1. The highest BCUT2D eigenvalue weighted by molar-refractivity contribution is 7.98. The number of thioether (sulfide) groups is 1. The second-order valence-electron chi connectivity index (χ2n) is 14.1. The van der Waals surface area contributed by atoms with Gasteiger partial charge in [-0.05, 0) is 80.9 Å². The average molecular weight is 791 g/mol. The lowest BCUT2D eigenvalue weighted by molar-refractivity contribution is -0.404. The third-order valence-corrected chi connectivity index (χ3v) is 10.9. The molecule has 3 aromatic carbocycles. The van der Waals surface area contributed by atoms with Gasteiger partial charge in [0.1, 0.15) is 16.9 Å². The number of aliphatic hydroxyl groups is 1. The Bertz CT molecular complexity index is 1760. The number of carbonyl (C=O) groups excluding carboxylic acids is 1. The molecule has 0 radical (unpaired) electrons. The SMILES string of the molecule is CN(C)C(=O)C(CCN1CCC(O)(c2ccc(Cl)cc2)CC1)(c1ccccc1)c1ccccc1.CN/C(=C/[N+](=O)[O-])NCCSCc1ccc(CN(C)C)o1. The quantitative estimate of drug-likeness (QED) is 0.0616. The topological polar surface area (TPSA) is 127 Å². The standard InChI is InChI=1S/C29H33ClN2O2.C13H22N4O3S/c1-31(2)27(33)29(24-9-5-3-6-10-24,25-11-7-4-8-12-25)19-22-32-20-17-28(34,18-21-32)23-13-15-26(30)16-14-23;1-14-13(9-17(18)19)15-6-7-21-10-12-5-4-11(20-12)8-16(2)3/h3-16,34H,17-22H2,1-2H3;4-5,9,14-15H,6-8,10H2,1-3H3/b;13-9-. The summed E-state index contributed by atoms with van der Waals surface area (Å²) in [5.41, 5.74) is 1.33. The fourth-order valence-corrected chi connectivity index (χ4v) is 7.66. The second-order valence-corrected chi connectivity index (χ2v) is 15.7. The molecule has 55 heavy (non-hydrogen) atoms. The van der Waals surface area contributed by atoms with Gasteiger partial charge in [0.25, 0.3) is 6.20 Å². The molecule has 1 fully saturated rings. The summed E-state index contributed by atoms with van der Waals surface area (Å²) in [6.45, 7) is 3.75. The van der Waals surface area contributed by atoms with Gasteiger partial charge < -0.3 is 34.9 Å². The van der Waals surface area contributed by atoms with Crippen molar-refractivity contribution in [2.45, 2.75) is 42.6 Å². The van der Waals surface area contributed by atoms with Crippen molar-refractivity contribution in [2.75, 3.05) is 67.2 Å². The summed E-state index contributed by atoms with van der Waals surface area (Å²) in [6, 6.07) is 31.7. The van der Waals surface area contributed by atoms with Crippen LogP contribution in [0.3, 0.4) is 0 Å². The lowest BCUT2D eigenvalue weighted by Gasteiger charge is -2.41. The van der Waals surface area contributed by atoms with Gasteiger partial charge in [0.15, 0.2) is 5.82 Å². The first-order chi connectivity index (χ1) is 26.4. The van der Waals surface area contributed by atoms with Crippen molar-refractivity contribution in [3.05, 3.63) is 152 Å². The van der Waals surface area contributed by atoms with Gasteiger partial charge in [0.2, 0.25) is 5.91 Å². The normalized spacial score (nSPS) is 14.5. The number of halogens is 1. The molecule has 1 aliphatic rings. The van der Waals surface area contributed by atoms with Crippen molar-refractivity contribution in [3.8, 4) is 0 Å². The monoisotopic (exact) mass is 790 g/mol. The van der Waals surface area contributed by atoms with Crippen molar-refractivity contribution in [2.24, 2.45) is 0 Å². The van der Waals surface area contributed by atoms with Gasteiger partial charge in [0.05, 0.1) is 22.8 Å². The maximum atomic E-state index is 13.8. The summed E-state index contributed by atoms with van der Waals surface area (Å²) >= 11 is 7.75. The number of nitrogens with one attached hydrogen (secondary N) is 2. The molecule has 0 saturated carbocycles. The Labute approximate surface area is 334 Å². The Morgan fingerprint density at radius 2 is 1.55 bits per heavy atom. The summed E-state index contributed by atoms with van der Waals surface area (Å²) < 4.78 is 5.70. The Hall–Kier alpha value is -4.33. The summed E-state index contributed by atoms with van der Waals surface area (Å²) in [7, 11) is 9.30. The van der Waals surface area contributed by atoms with Crippen molar-refractivity contribution in [3.63, 3.8) is 0 Å². The van der Waals surface area contributed by atoms with Crippen LogP contribution in [0.4, 0.5) is 0 Å². The minimum Gasteiger partial charge on any atom is -0.464 e. The number of likely N-dealkylation sites (tertiary alicyclic amines) is 1. The number of piperidine rings is 1. The van der Waals surface area contributed by atoms with Gasteiger partial charge in [-0.2, -0.15) is 11.8 Å². The number of hydrogen-bond donors (Lipinski definition) is 3. The largest absolute Gasteiger partial charge is 0.464 e. The molecule has 0 spiro atoms. The van der Waals surface area contributed by atoms with Crippen molar-refractivity contribution in [1.29, 1.82) is 0 Å². The predicted molar refractivity (Wildman–Crippen MR) is 222 cm³/mol. The van der Waals surface area contributed by atoms with Gasteiger partial charge >= 0.3 is 0 Å². The van der Waals surface area contributed by atoms with Crippen LogP contribution in [0.5, 0.6) is 0 Å². The lowest BCUT2D eigenvalue weighted by atomic mass is 9.70. The highest BCUT2D eigenvalue weighted by atomic mass is 35.5. The highest BCUT2D eigenvalue weighted by Gasteiger charge is 2.43. The van der Waals surface area contributed by atoms with Crippen molar-refractivity contribution < 1.29 is 19.2 Å². The van der Waals surface area contributed by atoms with E-state index in [0.717, 1.165) is 72.1 Å². The van der Waals surface area contributed by atoms with Crippen LogP contribution in [0.25, 0.3) is 0 Å².